The van der Waals surface area contributed by atoms with E-state index >= 15 is 0 Å². The van der Waals surface area contributed by atoms with Crippen LogP contribution in [0.25, 0.3) is 20.3 Å². The number of anilines is 1. The molecule has 4 rings (SSSR count). The molecule has 1 saturated carbocycles. The molecule has 28 heavy (non-hydrogen) atoms. The lowest BCUT2D eigenvalue weighted by Crippen LogP contribution is -2.42. The molecule has 0 radical (unpaired) electrons. The van der Waals surface area contributed by atoms with Crippen LogP contribution in [0, 0.1) is 0 Å². The van der Waals surface area contributed by atoms with Crippen LogP contribution in [0.4, 0.5) is 10.6 Å². The van der Waals surface area contributed by atoms with E-state index in [9.17, 15) is 4.79 Å². The third-order valence-electron chi connectivity index (χ3n) is 4.96. The van der Waals surface area contributed by atoms with E-state index in [1.54, 1.807) is 17.7 Å². The summed E-state index contributed by atoms with van der Waals surface area (Å²) in [7, 11) is 0. The summed E-state index contributed by atoms with van der Waals surface area (Å²) in [5.41, 5.74) is -0.468. The second-order valence-electron chi connectivity index (χ2n) is 8.34. The normalized spacial score (nSPS) is 20.2. The van der Waals surface area contributed by atoms with Crippen molar-refractivity contribution >= 4 is 43.6 Å². The Balaban J connectivity index is 1.41. The smallest absolute Gasteiger partial charge is 0.407 e. The molecule has 1 aromatic carbocycles. The molecular weight excluding hydrogens is 372 g/mol. The number of thiophene rings is 1. The van der Waals surface area contributed by atoms with Gasteiger partial charge in [0.05, 0.1) is 5.39 Å². The number of hydrogen-bond acceptors (Lipinski definition) is 6. The molecule has 2 heterocycles. The molecule has 0 aliphatic heterocycles. The molecule has 0 unspecified atom stereocenters. The van der Waals surface area contributed by atoms with Gasteiger partial charge in [0.15, 0.2) is 0 Å². The number of ether oxygens (including phenoxy) is 1. The second-order valence-corrected chi connectivity index (χ2v) is 9.37. The van der Waals surface area contributed by atoms with Crippen LogP contribution in [0.5, 0.6) is 0 Å². The summed E-state index contributed by atoms with van der Waals surface area (Å²) in [5, 5.41) is 8.93. The Bertz CT molecular complexity index is 987. The zero-order valence-corrected chi connectivity index (χ0v) is 17.3. The number of fused-ring (bicyclic) bond motifs is 3. The highest BCUT2D eigenvalue weighted by atomic mass is 32.1. The Kier molecular flexibility index (Phi) is 5.10. The summed E-state index contributed by atoms with van der Waals surface area (Å²) in [6.45, 7) is 5.64. The molecule has 0 saturated heterocycles. The van der Waals surface area contributed by atoms with Crippen molar-refractivity contribution in [1.82, 2.24) is 15.3 Å². The van der Waals surface area contributed by atoms with Gasteiger partial charge in [0.2, 0.25) is 0 Å². The average Bonchev–Trinajstić information content (AvgIpc) is 3.01. The number of nitrogens with one attached hydrogen (secondary N) is 2. The van der Waals surface area contributed by atoms with Crippen LogP contribution in [0.15, 0.2) is 30.6 Å². The summed E-state index contributed by atoms with van der Waals surface area (Å²) < 4.78 is 6.59. The molecule has 3 aromatic rings. The highest BCUT2D eigenvalue weighted by Gasteiger charge is 2.25. The van der Waals surface area contributed by atoms with Crippen LogP contribution in [0.3, 0.4) is 0 Å². The van der Waals surface area contributed by atoms with Gasteiger partial charge in [0.25, 0.3) is 0 Å². The molecule has 7 heteroatoms. The van der Waals surface area contributed by atoms with Crippen molar-refractivity contribution in [3.05, 3.63) is 30.6 Å². The van der Waals surface area contributed by atoms with Gasteiger partial charge in [0, 0.05) is 22.2 Å². The third-order valence-corrected chi connectivity index (χ3v) is 6.04. The molecule has 0 spiro atoms. The molecule has 2 aromatic heterocycles. The fourth-order valence-corrected chi connectivity index (χ4v) is 4.76. The van der Waals surface area contributed by atoms with Crippen molar-refractivity contribution in [3.63, 3.8) is 0 Å². The van der Waals surface area contributed by atoms with Crippen molar-refractivity contribution in [2.24, 2.45) is 0 Å². The fraction of sp³-hybridized carbons (Fsp3) is 0.476. The molecule has 6 nitrogen and oxygen atoms in total. The Hall–Kier alpha value is -2.41. The zero-order chi connectivity index (χ0) is 19.7. The van der Waals surface area contributed by atoms with Gasteiger partial charge in [-0.25, -0.2) is 14.8 Å². The quantitative estimate of drug-likeness (QED) is 0.642. The predicted molar refractivity (Wildman–Crippen MR) is 114 cm³/mol. The number of aromatic nitrogens is 2. The van der Waals surface area contributed by atoms with Gasteiger partial charge in [-0.3, -0.25) is 0 Å². The van der Waals surface area contributed by atoms with Crippen molar-refractivity contribution in [2.75, 3.05) is 5.32 Å². The van der Waals surface area contributed by atoms with E-state index in [4.69, 9.17) is 4.74 Å². The van der Waals surface area contributed by atoms with E-state index < -0.39 is 5.60 Å². The zero-order valence-electron chi connectivity index (χ0n) is 16.5. The first-order valence-electron chi connectivity index (χ1n) is 9.77. The van der Waals surface area contributed by atoms with Crippen LogP contribution in [0.1, 0.15) is 46.5 Å². The molecule has 1 aliphatic rings. The Morgan fingerprint density at radius 3 is 2.57 bits per heavy atom. The van der Waals surface area contributed by atoms with Crippen LogP contribution in [-0.2, 0) is 4.74 Å². The number of alkyl carbamates (subject to hydrolysis) is 1. The molecular formula is C21H26N4O2S. The highest BCUT2D eigenvalue weighted by molar-refractivity contribution is 7.25. The molecule has 0 bridgehead atoms. The van der Waals surface area contributed by atoms with Gasteiger partial charge in [-0.05, 0) is 52.5 Å². The summed E-state index contributed by atoms with van der Waals surface area (Å²) in [6.07, 6.45) is 5.12. The van der Waals surface area contributed by atoms with Crippen molar-refractivity contribution in [1.29, 1.82) is 0 Å². The van der Waals surface area contributed by atoms with Gasteiger partial charge >= 0.3 is 6.09 Å². The molecule has 1 aliphatic carbocycles. The third kappa shape index (κ3) is 4.19. The fourth-order valence-electron chi connectivity index (χ4n) is 3.72. The molecule has 148 valence electrons. The Morgan fingerprint density at radius 1 is 1.11 bits per heavy atom. The number of hydrogen-bond donors (Lipinski definition) is 2. The number of nitrogens with zero attached hydrogens (tertiary/aromatic N) is 2. The summed E-state index contributed by atoms with van der Waals surface area (Å²) in [4.78, 5) is 22.0. The van der Waals surface area contributed by atoms with Crippen LogP contribution < -0.4 is 10.6 Å². The molecule has 1 amide bonds. The topological polar surface area (TPSA) is 76.1 Å². The minimum atomic E-state index is -0.468. The number of rotatable bonds is 3. The maximum atomic E-state index is 12.0. The van der Waals surface area contributed by atoms with Gasteiger partial charge in [-0.15, -0.1) is 11.3 Å². The average molecular weight is 399 g/mol. The summed E-state index contributed by atoms with van der Waals surface area (Å²) in [5.74, 6) is 0.908. The van der Waals surface area contributed by atoms with E-state index in [-0.39, 0.29) is 12.1 Å². The summed E-state index contributed by atoms with van der Waals surface area (Å²) in [6, 6.07) is 8.87. The maximum Gasteiger partial charge on any atom is 0.407 e. The van der Waals surface area contributed by atoms with Crippen molar-refractivity contribution in [3.8, 4) is 0 Å². The van der Waals surface area contributed by atoms with E-state index in [1.807, 2.05) is 20.8 Å². The first-order chi connectivity index (χ1) is 13.4. The molecule has 1 fully saturated rings. The monoisotopic (exact) mass is 398 g/mol. The standard InChI is InChI=1S/C21H26N4O2S/c1-21(2,3)27-20(26)25-14-10-8-13(9-11-14)24-18-17-15-6-4-5-7-16(15)28-19(17)23-12-22-18/h4-7,12-14H,8-11H2,1-3H3,(H,25,26)(H,22,23,24). The highest BCUT2D eigenvalue weighted by Crippen LogP contribution is 2.36. The van der Waals surface area contributed by atoms with E-state index in [0.717, 1.165) is 41.7 Å². The number of amides is 1. The number of carbonyl (C=O) groups excluding carboxylic acids is 1. The number of benzene rings is 1. The minimum Gasteiger partial charge on any atom is -0.444 e. The summed E-state index contributed by atoms with van der Waals surface area (Å²) >= 11 is 1.70. The van der Waals surface area contributed by atoms with Crippen LogP contribution in [-0.4, -0.2) is 33.7 Å². The first kappa shape index (κ1) is 18.9. The Labute approximate surface area is 168 Å². The van der Waals surface area contributed by atoms with E-state index in [2.05, 4.69) is 44.9 Å². The van der Waals surface area contributed by atoms with Gasteiger partial charge < -0.3 is 15.4 Å². The number of carbonyl (C=O) groups is 1. The first-order valence-corrected chi connectivity index (χ1v) is 10.6. The van der Waals surface area contributed by atoms with Gasteiger partial charge in [0.1, 0.15) is 22.6 Å². The van der Waals surface area contributed by atoms with E-state index in [0.29, 0.717) is 6.04 Å². The van der Waals surface area contributed by atoms with Crippen molar-refractivity contribution < 1.29 is 9.53 Å². The minimum absolute atomic E-state index is 0.167. The SMILES string of the molecule is CC(C)(C)OC(=O)NC1CCC(Nc2ncnc3sc4ccccc4c23)CC1. The predicted octanol–water partition coefficient (Wildman–Crippen LogP) is 5.09. The van der Waals surface area contributed by atoms with Gasteiger partial charge in [-0.2, -0.15) is 0 Å². The van der Waals surface area contributed by atoms with Gasteiger partial charge in [-0.1, -0.05) is 18.2 Å². The van der Waals surface area contributed by atoms with Crippen LogP contribution >= 0.6 is 11.3 Å². The largest absolute Gasteiger partial charge is 0.444 e. The van der Waals surface area contributed by atoms with E-state index in [1.165, 1.54) is 10.1 Å². The Morgan fingerprint density at radius 2 is 1.82 bits per heavy atom. The maximum absolute atomic E-state index is 12.0. The van der Waals surface area contributed by atoms with Crippen molar-refractivity contribution in [2.45, 2.75) is 64.1 Å². The molecule has 2 N–H and O–H groups in total. The molecule has 0 atom stereocenters. The lowest BCUT2D eigenvalue weighted by Gasteiger charge is -2.30. The lowest BCUT2D eigenvalue weighted by atomic mass is 9.91. The van der Waals surface area contributed by atoms with Crippen LogP contribution in [0.2, 0.25) is 0 Å². The second kappa shape index (κ2) is 7.54. The lowest BCUT2D eigenvalue weighted by molar-refractivity contribution is 0.0492.